The summed E-state index contributed by atoms with van der Waals surface area (Å²) in [5.41, 5.74) is 6.96. The Morgan fingerprint density at radius 3 is 2.17 bits per heavy atom. The zero-order valence-corrected chi connectivity index (χ0v) is 11.9. The molecular weight excluding hydrogens is 227 g/mol. The number of hydrogen-bond donors (Lipinski definition) is 1. The predicted molar refractivity (Wildman–Crippen MR) is 74.9 cm³/mol. The van der Waals surface area contributed by atoms with E-state index >= 15 is 0 Å². The minimum absolute atomic E-state index is 0.152. The Hall–Kier alpha value is -0.930. The van der Waals surface area contributed by atoms with E-state index in [0.717, 1.165) is 12.0 Å². The molecule has 102 valence electrons. The molecule has 0 aliphatic rings. The third kappa shape index (κ3) is 4.07. The summed E-state index contributed by atoms with van der Waals surface area (Å²) in [6.07, 6.45) is 1.13. The Labute approximate surface area is 110 Å². The van der Waals surface area contributed by atoms with Gasteiger partial charge in [-0.2, -0.15) is 0 Å². The van der Waals surface area contributed by atoms with Crippen molar-refractivity contribution in [1.82, 2.24) is 4.90 Å². The molecule has 0 aliphatic carbocycles. The number of nitrogens with zero attached hydrogens (tertiary/aromatic N) is 1. The fourth-order valence-corrected chi connectivity index (χ4v) is 2.38. The van der Waals surface area contributed by atoms with Gasteiger partial charge in [0.05, 0.1) is 0 Å². The standard InChI is InChI=1S/C15H25FN2/c1-11(2)9-12(3)18(4)15(10-17)13-5-7-14(16)8-6-13/h5-8,11-12,15H,9-10,17H2,1-4H3. The summed E-state index contributed by atoms with van der Waals surface area (Å²) in [6.45, 7) is 7.20. The number of benzene rings is 1. The normalized spacial score (nSPS) is 15.1. The molecule has 0 aromatic heterocycles. The first kappa shape index (κ1) is 15.1. The second kappa shape index (κ2) is 6.86. The zero-order valence-electron chi connectivity index (χ0n) is 11.9. The van der Waals surface area contributed by atoms with E-state index in [-0.39, 0.29) is 11.9 Å². The fraction of sp³-hybridized carbons (Fsp3) is 0.600. The van der Waals surface area contributed by atoms with E-state index < -0.39 is 0 Å². The molecule has 0 saturated heterocycles. The first-order valence-corrected chi connectivity index (χ1v) is 6.63. The minimum atomic E-state index is -0.201. The summed E-state index contributed by atoms with van der Waals surface area (Å²) in [6, 6.07) is 7.26. The van der Waals surface area contributed by atoms with Gasteiger partial charge in [-0.25, -0.2) is 4.39 Å². The highest BCUT2D eigenvalue weighted by molar-refractivity contribution is 5.20. The van der Waals surface area contributed by atoms with E-state index in [9.17, 15) is 4.39 Å². The Kier molecular flexibility index (Phi) is 5.76. The number of nitrogens with two attached hydrogens (primary N) is 1. The molecule has 18 heavy (non-hydrogen) atoms. The van der Waals surface area contributed by atoms with E-state index in [1.165, 1.54) is 12.1 Å². The number of halogens is 1. The molecule has 0 fully saturated rings. The second-order valence-electron chi connectivity index (χ2n) is 5.45. The van der Waals surface area contributed by atoms with Gasteiger partial charge in [0.1, 0.15) is 5.82 Å². The molecule has 0 heterocycles. The van der Waals surface area contributed by atoms with Crippen LogP contribution < -0.4 is 5.73 Å². The maximum Gasteiger partial charge on any atom is 0.123 e. The molecular formula is C15H25FN2. The van der Waals surface area contributed by atoms with Gasteiger partial charge in [-0.15, -0.1) is 0 Å². The largest absolute Gasteiger partial charge is 0.329 e. The van der Waals surface area contributed by atoms with Crippen LogP contribution in [0.25, 0.3) is 0 Å². The molecule has 1 aromatic carbocycles. The molecule has 1 aromatic rings. The first-order valence-electron chi connectivity index (χ1n) is 6.63. The third-order valence-corrected chi connectivity index (χ3v) is 3.48. The van der Waals surface area contributed by atoms with Crippen molar-refractivity contribution in [2.24, 2.45) is 11.7 Å². The Balaban J connectivity index is 2.79. The van der Waals surface area contributed by atoms with Gasteiger partial charge in [0.2, 0.25) is 0 Å². The summed E-state index contributed by atoms with van der Waals surface area (Å²) in [4.78, 5) is 2.28. The van der Waals surface area contributed by atoms with Crippen molar-refractivity contribution < 1.29 is 4.39 Å². The minimum Gasteiger partial charge on any atom is -0.329 e. The van der Waals surface area contributed by atoms with Gasteiger partial charge in [-0.3, -0.25) is 4.90 Å². The van der Waals surface area contributed by atoms with Crippen molar-refractivity contribution in [3.05, 3.63) is 35.6 Å². The molecule has 2 atom stereocenters. The Morgan fingerprint density at radius 1 is 1.17 bits per heavy atom. The average molecular weight is 252 g/mol. The lowest BCUT2D eigenvalue weighted by Crippen LogP contribution is -2.37. The average Bonchev–Trinajstić information content (AvgIpc) is 2.31. The van der Waals surface area contributed by atoms with Crippen LogP contribution in [0.5, 0.6) is 0 Å². The van der Waals surface area contributed by atoms with Crippen LogP contribution in [0, 0.1) is 11.7 Å². The molecule has 3 heteroatoms. The third-order valence-electron chi connectivity index (χ3n) is 3.48. The SMILES string of the molecule is CC(C)CC(C)N(C)C(CN)c1ccc(F)cc1. The van der Waals surface area contributed by atoms with Gasteiger partial charge < -0.3 is 5.73 Å². The van der Waals surface area contributed by atoms with Crippen LogP contribution in [0.4, 0.5) is 4.39 Å². The summed E-state index contributed by atoms with van der Waals surface area (Å²) in [5, 5.41) is 0. The van der Waals surface area contributed by atoms with Crippen LogP contribution in [0.1, 0.15) is 38.8 Å². The van der Waals surface area contributed by atoms with E-state index in [0.29, 0.717) is 18.5 Å². The van der Waals surface area contributed by atoms with Crippen LogP contribution >= 0.6 is 0 Å². The molecule has 0 aliphatic heterocycles. The molecule has 1 rings (SSSR count). The molecule has 0 bridgehead atoms. The maximum atomic E-state index is 12.9. The van der Waals surface area contributed by atoms with Gasteiger partial charge in [0, 0.05) is 18.6 Å². The van der Waals surface area contributed by atoms with Crippen molar-refractivity contribution in [2.45, 2.75) is 39.3 Å². The van der Waals surface area contributed by atoms with Crippen LogP contribution in [0.3, 0.4) is 0 Å². The van der Waals surface area contributed by atoms with E-state index in [1.54, 1.807) is 0 Å². The Morgan fingerprint density at radius 2 is 1.72 bits per heavy atom. The molecule has 2 nitrogen and oxygen atoms in total. The lowest BCUT2D eigenvalue weighted by molar-refractivity contribution is 0.168. The number of likely N-dealkylation sites (N-methyl/N-ethyl adjacent to an activating group) is 1. The molecule has 0 amide bonds. The number of hydrogen-bond acceptors (Lipinski definition) is 2. The molecule has 2 unspecified atom stereocenters. The van der Waals surface area contributed by atoms with Crippen molar-refractivity contribution in [2.75, 3.05) is 13.6 Å². The van der Waals surface area contributed by atoms with E-state index in [2.05, 4.69) is 32.7 Å². The summed E-state index contributed by atoms with van der Waals surface area (Å²) in [5.74, 6) is 0.460. The predicted octanol–water partition coefficient (Wildman–Crippen LogP) is 3.19. The van der Waals surface area contributed by atoms with Gasteiger partial charge in [-0.05, 0) is 44.0 Å². The highest BCUT2D eigenvalue weighted by atomic mass is 19.1. The van der Waals surface area contributed by atoms with Gasteiger partial charge in [-0.1, -0.05) is 26.0 Å². The monoisotopic (exact) mass is 252 g/mol. The molecule has 0 spiro atoms. The van der Waals surface area contributed by atoms with Crippen LogP contribution in [0.15, 0.2) is 24.3 Å². The van der Waals surface area contributed by atoms with Crippen molar-refractivity contribution in [3.63, 3.8) is 0 Å². The van der Waals surface area contributed by atoms with Crippen LogP contribution in [-0.4, -0.2) is 24.5 Å². The highest BCUT2D eigenvalue weighted by Gasteiger charge is 2.20. The van der Waals surface area contributed by atoms with Crippen LogP contribution in [0.2, 0.25) is 0 Å². The zero-order chi connectivity index (χ0) is 13.7. The first-order chi connectivity index (χ1) is 8.45. The van der Waals surface area contributed by atoms with Gasteiger partial charge in [0.25, 0.3) is 0 Å². The smallest absolute Gasteiger partial charge is 0.123 e. The summed E-state index contributed by atoms with van der Waals surface area (Å²) >= 11 is 0. The molecule has 0 radical (unpaired) electrons. The fourth-order valence-electron chi connectivity index (χ4n) is 2.38. The highest BCUT2D eigenvalue weighted by Crippen LogP contribution is 2.23. The molecule has 2 N–H and O–H groups in total. The lowest BCUT2D eigenvalue weighted by Gasteiger charge is -2.33. The van der Waals surface area contributed by atoms with Gasteiger partial charge >= 0.3 is 0 Å². The van der Waals surface area contributed by atoms with Crippen molar-refractivity contribution in [3.8, 4) is 0 Å². The topological polar surface area (TPSA) is 29.3 Å². The number of rotatable bonds is 6. The van der Waals surface area contributed by atoms with Crippen LogP contribution in [-0.2, 0) is 0 Å². The van der Waals surface area contributed by atoms with E-state index in [1.807, 2.05) is 12.1 Å². The molecule has 0 saturated carbocycles. The van der Waals surface area contributed by atoms with Crippen molar-refractivity contribution >= 4 is 0 Å². The summed E-state index contributed by atoms with van der Waals surface area (Å²) < 4.78 is 12.9. The summed E-state index contributed by atoms with van der Waals surface area (Å²) in [7, 11) is 2.09. The second-order valence-corrected chi connectivity index (χ2v) is 5.45. The lowest BCUT2D eigenvalue weighted by atomic mass is 9.99. The quantitative estimate of drug-likeness (QED) is 0.842. The Bertz CT molecular complexity index is 348. The maximum absolute atomic E-state index is 12.9. The van der Waals surface area contributed by atoms with Crippen molar-refractivity contribution in [1.29, 1.82) is 0 Å². The van der Waals surface area contributed by atoms with Gasteiger partial charge in [0.15, 0.2) is 0 Å². The van der Waals surface area contributed by atoms with E-state index in [4.69, 9.17) is 5.73 Å².